The topological polar surface area (TPSA) is 75.5 Å². The van der Waals surface area contributed by atoms with E-state index in [4.69, 9.17) is 14.2 Å². The zero-order valence-electron chi connectivity index (χ0n) is 18.9. The monoisotopic (exact) mass is 423 g/mol. The molecule has 0 N–H and O–H groups in total. The molecule has 7 nitrogen and oxygen atoms in total. The van der Waals surface area contributed by atoms with Gasteiger partial charge in [-0.3, -0.25) is 9.67 Å². The van der Waals surface area contributed by atoms with E-state index in [1.165, 1.54) is 0 Å². The Hall–Kier alpha value is -3.35. The van der Waals surface area contributed by atoms with E-state index in [0.29, 0.717) is 17.1 Å². The van der Waals surface area contributed by atoms with Gasteiger partial charge in [-0.15, -0.1) is 0 Å². The van der Waals surface area contributed by atoms with Gasteiger partial charge in [-0.1, -0.05) is 26.0 Å². The van der Waals surface area contributed by atoms with Gasteiger partial charge < -0.3 is 14.2 Å². The second-order valence-corrected chi connectivity index (χ2v) is 7.58. The van der Waals surface area contributed by atoms with Gasteiger partial charge in [0.15, 0.2) is 0 Å². The lowest BCUT2D eigenvalue weighted by atomic mass is 10.1. The fraction of sp³-hybridized carbons (Fsp3) is 0.375. The molecule has 0 bridgehead atoms. The van der Waals surface area contributed by atoms with Crippen LogP contribution >= 0.6 is 0 Å². The molecule has 7 heteroatoms. The Morgan fingerprint density at radius 1 is 1.06 bits per heavy atom. The van der Waals surface area contributed by atoms with E-state index in [1.807, 2.05) is 36.7 Å². The van der Waals surface area contributed by atoms with Crippen LogP contribution in [0.5, 0.6) is 11.5 Å². The van der Waals surface area contributed by atoms with Gasteiger partial charge in [0.1, 0.15) is 23.7 Å². The zero-order chi connectivity index (χ0) is 22.6. The molecule has 3 aromatic rings. The van der Waals surface area contributed by atoms with Crippen molar-refractivity contribution in [2.45, 2.75) is 60.0 Å². The molecule has 0 aliphatic carbocycles. The van der Waals surface area contributed by atoms with Gasteiger partial charge >= 0.3 is 5.97 Å². The SMILES string of the molecule is CC.CC(C)n1nccc1-c1ncccc1COc1cccc2c1C(=O)OC(C)(C)O2. The van der Waals surface area contributed by atoms with Crippen LogP contribution in [0.4, 0.5) is 0 Å². The first kappa shape index (κ1) is 22.3. The van der Waals surface area contributed by atoms with E-state index in [9.17, 15) is 4.79 Å². The van der Waals surface area contributed by atoms with Gasteiger partial charge in [0, 0.05) is 37.8 Å². The average Bonchev–Trinajstić information content (AvgIpc) is 3.23. The van der Waals surface area contributed by atoms with Gasteiger partial charge in [-0.25, -0.2) is 4.79 Å². The number of esters is 1. The molecule has 0 fully saturated rings. The molecule has 0 atom stereocenters. The molecule has 1 aromatic carbocycles. The normalized spacial score (nSPS) is 14.1. The quantitative estimate of drug-likeness (QED) is 0.510. The number of ether oxygens (including phenoxy) is 3. The number of cyclic esters (lactones) is 1. The molecule has 0 saturated carbocycles. The van der Waals surface area contributed by atoms with Crippen molar-refractivity contribution in [2.24, 2.45) is 0 Å². The lowest BCUT2D eigenvalue weighted by Crippen LogP contribution is -2.39. The number of aromatic nitrogens is 3. The third kappa shape index (κ3) is 4.71. The second-order valence-electron chi connectivity index (χ2n) is 7.58. The fourth-order valence-corrected chi connectivity index (χ4v) is 3.33. The van der Waals surface area contributed by atoms with E-state index >= 15 is 0 Å². The molecule has 3 heterocycles. The summed E-state index contributed by atoms with van der Waals surface area (Å²) in [7, 11) is 0. The highest BCUT2D eigenvalue weighted by Gasteiger charge is 2.36. The molecule has 164 valence electrons. The molecule has 0 radical (unpaired) electrons. The Labute approximate surface area is 183 Å². The number of hydrogen-bond acceptors (Lipinski definition) is 6. The molecular formula is C24H29N3O4. The number of nitrogens with zero attached hydrogens (tertiary/aromatic N) is 3. The predicted octanol–water partition coefficient (Wildman–Crippen LogP) is 5.42. The molecule has 4 rings (SSSR count). The van der Waals surface area contributed by atoms with Gasteiger partial charge in [-0.2, -0.15) is 5.10 Å². The smallest absolute Gasteiger partial charge is 0.349 e. The third-order valence-electron chi connectivity index (χ3n) is 4.56. The Balaban J connectivity index is 0.00000132. The van der Waals surface area contributed by atoms with Crippen LogP contribution in [0.2, 0.25) is 0 Å². The largest absolute Gasteiger partial charge is 0.488 e. The van der Waals surface area contributed by atoms with Crippen molar-refractivity contribution in [3.8, 4) is 22.9 Å². The van der Waals surface area contributed by atoms with Gasteiger partial charge in [-0.05, 0) is 38.1 Å². The maximum Gasteiger partial charge on any atom is 0.349 e. The summed E-state index contributed by atoms with van der Waals surface area (Å²) in [6.07, 6.45) is 3.51. The lowest BCUT2D eigenvalue weighted by Gasteiger charge is -2.32. The number of carbonyl (C=O) groups is 1. The van der Waals surface area contributed by atoms with Crippen molar-refractivity contribution in [3.63, 3.8) is 0 Å². The molecule has 0 amide bonds. The maximum atomic E-state index is 12.5. The van der Waals surface area contributed by atoms with Crippen LogP contribution in [0.1, 0.15) is 63.5 Å². The van der Waals surface area contributed by atoms with E-state index in [2.05, 4.69) is 23.9 Å². The van der Waals surface area contributed by atoms with E-state index in [1.54, 1.807) is 44.4 Å². The highest BCUT2D eigenvalue weighted by molar-refractivity contribution is 5.96. The van der Waals surface area contributed by atoms with Crippen molar-refractivity contribution < 1.29 is 19.0 Å². The van der Waals surface area contributed by atoms with Crippen LogP contribution in [0, 0.1) is 0 Å². The first-order chi connectivity index (χ1) is 14.9. The summed E-state index contributed by atoms with van der Waals surface area (Å²) in [5.41, 5.74) is 2.89. The molecule has 31 heavy (non-hydrogen) atoms. The van der Waals surface area contributed by atoms with Crippen molar-refractivity contribution in [1.29, 1.82) is 0 Å². The molecule has 0 saturated heterocycles. The molecule has 1 aliphatic heterocycles. The Morgan fingerprint density at radius 2 is 1.84 bits per heavy atom. The Kier molecular flexibility index (Phi) is 6.63. The molecule has 0 spiro atoms. The van der Waals surface area contributed by atoms with E-state index in [0.717, 1.165) is 17.0 Å². The second kappa shape index (κ2) is 9.20. The number of carbonyl (C=O) groups excluding carboxylic acids is 1. The summed E-state index contributed by atoms with van der Waals surface area (Å²) in [5.74, 6) is -0.603. The summed E-state index contributed by atoms with van der Waals surface area (Å²) >= 11 is 0. The molecule has 0 unspecified atom stereocenters. The summed E-state index contributed by atoms with van der Waals surface area (Å²) < 4.78 is 19.1. The highest BCUT2D eigenvalue weighted by atomic mass is 16.7. The number of fused-ring (bicyclic) bond motifs is 1. The van der Waals surface area contributed by atoms with Crippen molar-refractivity contribution in [3.05, 3.63) is 59.9 Å². The van der Waals surface area contributed by atoms with Crippen LogP contribution in [-0.4, -0.2) is 26.5 Å². The van der Waals surface area contributed by atoms with Crippen molar-refractivity contribution in [1.82, 2.24) is 14.8 Å². The predicted molar refractivity (Wildman–Crippen MR) is 118 cm³/mol. The first-order valence-electron chi connectivity index (χ1n) is 10.5. The van der Waals surface area contributed by atoms with Crippen molar-refractivity contribution in [2.75, 3.05) is 0 Å². The van der Waals surface area contributed by atoms with Gasteiger partial charge in [0.25, 0.3) is 0 Å². The minimum atomic E-state index is -1.01. The summed E-state index contributed by atoms with van der Waals surface area (Å²) in [6.45, 7) is 11.8. The summed E-state index contributed by atoms with van der Waals surface area (Å²) in [6, 6.07) is 11.2. The average molecular weight is 424 g/mol. The standard InChI is InChI=1S/C22H23N3O4.C2H6/c1-14(2)25-16(10-12-24-25)20-15(7-6-11-23-20)13-27-17-8-5-9-18-19(17)21(26)29-22(3,4)28-18;1-2/h5-12,14H,13H2,1-4H3;1-2H3. The number of benzene rings is 1. The van der Waals surface area contributed by atoms with Crippen LogP contribution in [0.25, 0.3) is 11.4 Å². The lowest BCUT2D eigenvalue weighted by molar-refractivity contribution is -0.127. The number of hydrogen-bond donors (Lipinski definition) is 0. The van der Waals surface area contributed by atoms with Crippen molar-refractivity contribution >= 4 is 5.97 Å². The minimum Gasteiger partial charge on any atom is -0.488 e. The number of pyridine rings is 1. The molecular weight excluding hydrogens is 394 g/mol. The Bertz CT molecular complexity index is 1060. The van der Waals surface area contributed by atoms with Crippen LogP contribution in [-0.2, 0) is 11.3 Å². The van der Waals surface area contributed by atoms with Crippen LogP contribution < -0.4 is 9.47 Å². The fourth-order valence-electron chi connectivity index (χ4n) is 3.33. The maximum absolute atomic E-state index is 12.5. The zero-order valence-corrected chi connectivity index (χ0v) is 18.9. The Morgan fingerprint density at radius 3 is 2.58 bits per heavy atom. The van der Waals surface area contributed by atoms with E-state index < -0.39 is 11.8 Å². The van der Waals surface area contributed by atoms with E-state index in [-0.39, 0.29) is 12.6 Å². The molecule has 1 aliphatic rings. The third-order valence-corrected chi connectivity index (χ3v) is 4.56. The summed E-state index contributed by atoms with van der Waals surface area (Å²) in [4.78, 5) is 17.0. The van der Waals surface area contributed by atoms with Crippen LogP contribution in [0.3, 0.4) is 0 Å². The minimum absolute atomic E-state index is 0.201. The van der Waals surface area contributed by atoms with Gasteiger partial charge in [0.2, 0.25) is 5.79 Å². The summed E-state index contributed by atoms with van der Waals surface area (Å²) in [5, 5.41) is 4.39. The van der Waals surface area contributed by atoms with Crippen LogP contribution in [0.15, 0.2) is 48.8 Å². The number of rotatable bonds is 5. The first-order valence-corrected chi connectivity index (χ1v) is 10.5. The highest BCUT2D eigenvalue weighted by Crippen LogP contribution is 2.37. The van der Waals surface area contributed by atoms with Gasteiger partial charge in [0.05, 0.1) is 11.4 Å². The molecule has 2 aromatic heterocycles.